The monoisotopic (exact) mass is 349 g/mol. The molecule has 2 rings (SSSR count). The Hall–Kier alpha value is -2.15. The molecule has 0 aliphatic carbocycles. The van der Waals surface area contributed by atoms with E-state index in [0.717, 1.165) is 24.1 Å². The molecule has 1 heterocycles. The maximum absolute atomic E-state index is 12.8. The number of carbonyl (C=O) groups is 1. The summed E-state index contributed by atoms with van der Waals surface area (Å²) in [5.74, 6) is -0.223. The number of rotatable bonds is 8. The average Bonchev–Trinajstić information content (AvgIpc) is 2.55. The second-order valence-electron chi connectivity index (χ2n) is 5.31. The van der Waals surface area contributed by atoms with Gasteiger partial charge in [0.1, 0.15) is 5.82 Å². The fourth-order valence-electron chi connectivity index (χ4n) is 2.12. The molecule has 24 heavy (non-hydrogen) atoms. The number of nitrogens with zero attached hydrogens (tertiary/aromatic N) is 1. The molecular formula is C17H20FN3O2S. The Kier molecular flexibility index (Phi) is 6.99. The molecule has 2 aromatic rings. The highest BCUT2D eigenvalue weighted by Crippen LogP contribution is 2.11. The van der Waals surface area contributed by atoms with E-state index in [1.165, 1.54) is 30.0 Å². The van der Waals surface area contributed by atoms with Crippen LogP contribution < -0.4 is 10.9 Å². The third kappa shape index (κ3) is 6.16. The molecule has 128 valence electrons. The summed E-state index contributed by atoms with van der Waals surface area (Å²) in [5.41, 5.74) is 1.50. The van der Waals surface area contributed by atoms with Crippen molar-refractivity contribution in [1.82, 2.24) is 15.3 Å². The predicted molar refractivity (Wildman–Crippen MR) is 92.7 cm³/mol. The molecule has 0 atom stereocenters. The maximum atomic E-state index is 12.8. The molecule has 0 unspecified atom stereocenters. The van der Waals surface area contributed by atoms with Gasteiger partial charge in [-0.2, -0.15) is 0 Å². The molecule has 0 aliphatic heterocycles. The van der Waals surface area contributed by atoms with E-state index in [9.17, 15) is 14.0 Å². The summed E-state index contributed by atoms with van der Waals surface area (Å²) in [6.07, 6.45) is 2.28. The summed E-state index contributed by atoms with van der Waals surface area (Å²) in [5, 5.41) is 3.26. The van der Waals surface area contributed by atoms with E-state index in [4.69, 9.17) is 0 Å². The standard InChI is InChI=1S/C17H20FN3O2S/c1-2-3-14-10-15(22)21-17(20-14)24-11-16(23)19-9-8-12-4-6-13(18)7-5-12/h4-7,10H,2-3,8-9,11H2,1H3,(H,19,23)(H,20,21,22). The number of H-pyrrole nitrogens is 1. The SMILES string of the molecule is CCCc1cc(=O)[nH]c(SCC(=O)NCCc2ccc(F)cc2)n1. The van der Waals surface area contributed by atoms with Gasteiger partial charge in [-0.3, -0.25) is 9.59 Å². The largest absolute Gasteiger partial charge is 0.355 e. The predicted octanol–water partition coefficient (Wildman–Crippen LogP) is 2.31. The third-order valence-electron chi connectivity index (χ3n) is 3.27. The first-order valence-corrected chi connectivity index (χ1v) is 8.79. The van der Waals surface area contributed by atoms with Gasteiger partial charge in [-0.05, 0) is 30.5 Å². The molecule has 1 amide bonds. The Morgan fingerprint density at radius 3 is 2.75 bits per heavy atom. The van der Waals surface area contributed by atoms with E-state index in [2.05, 4.69) is 15.3 Å². The van der Waals surface area contributed by atoms with Gasteiger partial charge in [0.15, 0.2) is 5.16 Å². The molecule has 0 spiro atoms. The van der Waals surface area contributed by atoms with Gasteiger partial charge in [-0.25, -0.2) is 9.37 Å². The number of thioether (sulfide) groups is 1. The highest BCUT2D eigenvalue weighted by molar-refractivity contribution is 7.99. The Morgan fingerprint density at radius 2 is 2.04 bits per heavy atom. The zero-order valence-electron chi connectivity index (χ0n) is 13.5. The number of halogens is 1. The number of benzene rings is 1. The average molecular weight is 349 g/mol. The summed E-state index contributed by atoms with van der Waals surface area (Å²) >= 11 is 1.20. The smallest absolute Gasteiger partial charge is 0.251 e. The zero-order chi connectivity index (χ0) is 17.4. The number of nitrogens with one attached hydrogen (secondary N) is 2. The van der Waals surface area contributed by atoms with Crippen LogP contribution in [0.5, 0.6) is 0 Å². The van der Waals surface area contributed by atoms with Gasteiger partial charge >= 0.3 is 0 Å². The van der Waals surface area contributed by atoms with Crippen LogP contribution in [0.1, 0.15) is 24.6 Å². The minimum Gasteiger partial charge on any atom is -0.355 e. The Labute approximate surface area is 144 Å². The molecular weight excluding hydrogens is 329 g/mol. The minimum atomic E-state index is -0.272. The molecule has 0 saturated heterocycles. The quantitative estimate of drug-likeness (QED) is 0.566. The van der Waals surface area contributed by atoms with Crippen molar-refractivity contribution < 1.29 is 9.18 Å². The highest BCUT2D eigenvalue weighted by Gasteiger charge is 2.06. The van der Waals surface area contributed by atoms with Crippen LogP contribution in [-0.4, -0.2) is 28.2 Å². The molecule has 0 saturated carbocycles. The van der Waals surface area contributed by atoms with E-state index >= 15 is 0 Å². The van der Waals surface area contributed by atoms with Crippen LogP contribution in [0.4, 0.5) is 4.39 Å². The molecule has 0 bridgehead atoms. The van der Waals surface area contributed by atoms with E-state index < -0.39 is 0 Å². The van der Waals surface area contributed by atoms with Crippen molar-refractivity contribution >= 4 is 17.7 Å². The van der Waals surface area contributed by atoms with Gasteiger partial charge in [0.2, 0.25) is 5.91 Å². The summed E-state index contributed by atoms with van der Waals surface area (Å²) in [6, 6.07) is 7.68. The summed E-state index contributed by atoms with van der Waals surface area (Å²) < 4.78 is 12.8. The topological polar surface area (TPSA) is 74.8 Å². The van der Waals surface area contributed by atoms with Gasteiger partial charge < -0.3 is 10.3 Å². The van der Waals surface area contributed by atoms with Crippen LogP contribution in [0.2, 0.25) is 0 Å². The van der Waals surface area contributed by atoms with Gasteiger partial charge in [0, 0.05) is 18.3 Å². The first kappa shape index (κ1) is 18.2. The first-order valence-electron chi connectivity index (χ1n) is 7.81. The van der Waals surface area contributed by atoms with Crippen molar-refractivity contribution in [1.29, 1.82) is 0 Å². The van der Waals surface area contributed by atoms with Crippen molar-refractivity contribution in [3.05, 3.63) is 57.8 Å². The second-order valence-corrected chi connectivity index (χ2v) is 6.27. The molecule has 5 nitrogen and oxygen atoms in total. The van der Waals surface area contributed by atoms with E-state index in [-0.39, 0.29) is 23.0 Å². The number of aromatic nitrogens is 2. The fourth-order valence-corrected chi connectivity index (χ4v) is 2.84. The molecule has 2 N–H and O–H groups in total. The second kappa shape index (κ2) is 9.22. The van der Waals surface area contributed by atoms with Crippen LogP contribution >= 0.6 is 11.8 Å². The maximum Gasteiger partial charge on any atom is 0.251 e. The number of aryl methyl sites for hydroxylation is 1. The zero-order valence-corrected chi connectivity index (χ0v) is 14.3. The number of amides is 1. The fraction of sp³-hybridized carbons (Fsp3) is 0.353. The first-order chi connectivity index (χ1) is 11.6. The van der Waals surface area contributed by atoms with Crippen LogP contribution in [0.3, 0.4) is 0 Å². The minimum absolute atomic E-state index is 0.134. The van der Waals surface area contributed by atoms with E-state index in [0.29, 0.717) is 18.1 Å². The number of hydrogen-bond acceptors (Lipinski definition) is 4. The Bertz CT molecular complexity index is 731. The Morgan fingerprint density at radius 1 is 1.29 bits per heavy atom. The third-order valence-corrected chi connectivity index (χ3v) is 4.14. The van der Waals surface area contributed by atoms with Crippen LogP contribution in [0, 0.1) is 5.82 Å². The summed E-state index contributed by atoms with van der Waals surface area (Å²) in [7, 11) is 0. The number of aromatic amines is 1. The Balaban J connectivity index is 1.76. The van der Waals surface area contributed by atoms with E-state index in [1.54, 1.807) is 12.1 Å². The molecule has 0 radical (unpaired) electrons. The number of hydrogen-bond donors (Lipinski definition) is 2. The van der Waals surface area contributed by atoms with Gasteiger partial charge in [0.25, 0.3) is 5.56 Å². The highest BCUT2D eigenvalue weighted by atomic mass is 32.2. The van der Waals surface area contributed by atoms with Crippen LogP contribution in [0.25, 0.3) is 0 Å². The molecule has 0 aliphatic rings. The lowest BCUT2D eigenvalue weighted by atomic mass is 10.1. The van der Waals surface area contributed by atoms with Crippen molar-refractivity contribution in [3.8, 4) is 0 Å². The number of carbonyl (C=O) groups excluding carboxylic acids is 1. The van der Waals surface area contributed by atoms with Gasteiger partial charge in [-0.1, -0.05) is 37.2 Å². The molecule has 1 aromatic heterocycles. The van der Waals surface area contributed by atoms with Crippen molar-refractivity contribution in [2.75, 3.05) is 12.3 Å². The van der Waals surface area contributed by atoms with E-state index in [1.807, 2.05) is 6.92 Å². The lowest BCUT2D eigenvalue weighted by Crippen LogP contribution is -2.27. The lowest BCUT2D eigenvalue weighted by molar-refractivity contribution is -0.118. The van der Waals surface area contributed by atoms with Crippen LogP contribution in [0.15, 0.2) is 40.3 Å². The van der Waals surface area contributed by atoms with Gasteiger partial charge in [0.05, 0.1) is 5.75 Å². The van der Waals surface area contributed by atoms with Gasteiger partial charge in [-0.15, -0.1) is 0 Å². The summed E-state index contributed by atoms with van der Waals surface area (Å²) in [4.78, 5) is 30.3. The van der Waals surface area contributed by atoms with Crippen molar-refractivity contribution in [2.45, 2.75) is 31.3 Å². The molecule has 7 heteroatoms. The normalized spacial score (nSPS) is 10.6. The van der Waals surface area contributed by atoms with Crippen LogP contribution in [-0.2, 0) is 17.6 Å². The molecule has 0 fully saturated rings. The van der Waals surface area contributed by atoms with Crippen molar-refractivity contribution in [2.24, 2.45) is 0 Å². The lowest BCUT2D eigenvalue weighted by Gasteiger charge is -2.06. The summed E-state index contributed by atoms with van der Waals surface area (Å²) in [6.45, 7) is 2.50. The molecule has 1 aromatic carbocycles. The van der Waals surface area contributed by atoms with Crippen molar-refractivity contribution in [3.63, 3.8) is 0 Å².